The average molecular weight is 382 g/mol. The molecule has 1 aliphatic heterocycles. The number of methoxy groups -OCH3 is 1. The summed E-state index contributed by atoms with van der Waals surface area (Å²) in [4.78, 5) is 2.46. The number of hydrogen-bond donors (Lipinski definition) is 1. The Morgan fingerprint density at radius 1 is 1.11 bits per heavy atom. The number of likely N-dealkylation sites (tertiary alicyclic amines) is 1. The molecule has 4 fully saturated rings. The Labute approximate surface area is 159 Å². The summed E-state index contributed by atoms with van der Waals surface area (Å²) in [6.07, 6.45) is 1.47. The van der Waals surface area contributed by atoms with E-state index in [-0.39, 0.29) is 5.41 Å². The molecule has 1 heterocycles. The topological polar surface area (TPSA) is 24.5 Å². The SMILES string of the molecule is COCCN1CCC(NCC23CC(c4ccc(C(F)(F)F)cc4)(C2)C3)CC1. The largest absolute Gasteiger partial charge is 0.416 e. The highest BCUT2D eigenvalue weighted by molar-refractivity contribution is 5.40. The minimum atomic E-state index is -4.25. The van der Waals surface area contributed by atoms with E-state index in [4.69, 9.17) is 4.74 Å². The van der Waals surface area contributed by atoms with Gasteiger partial charge in [-0.3, -0.25) is 0 Å². The first-order chi connectivity index (χ1) is 12.8. The lowest BCUT2D eigenvalue weighted by atomic mass is 9.33. The van der Waals surface area contributed by atoms with Crippen molar-refractivity contribution in [2.24, 2.45) is 5.41 Å². The minimum absolute atomic E-state index is 0.148. The van der Waals surface area contributed by atoms with E-state index in [1.807, 2.05) is 0 Å². The fraction of sp³-hybridized carbons (Fsp3) is 0.714. The van der Waals surface area contributed by atoms with Crippen molar-refractivity contribution < 1.29 is 17.9 Å². The van der Waals surface area contributed by atoms with E-state index in [2.05, 4.69) is 10.2 Å². The van der Waals surface area contributed by atoms with Gasteiger partial charge in [0.15, 0.2) is 0 Å². The number of hydrogen-bond acceptors (Lipinski definition) is 3. The number of nitrogens with one attached hydrogen (secondary N) is 1. The second-order valence-corrected chi connectivity index (χ2v) is 8.88. The monoisotopic (exact) mass is 382 g/mol. The number of halogens is 3. The van der Waals surface area contributed by atoms with E-state index in [0.717, 1.165) is 57.6 Å². The molecule has 27 heavy (non-hydrogen) atoms. The molecule has 6 heteroatoms. The van der Waals surface area contributed by atoms with Crippen LogP contribution in [0.4, 0.5) is 13.2 Å². The molecule has 1 aromatic rings. The lowest BCUT2D eigenvalue weighted by Gasteiger charge is -2.71. The second kappa shape index (κ2) is 7.05. The van der Waals surface area contributed by atoms with Crippen LogP contribution in [-0.4, -0.2) is 50.8 Å². The van der Waals surface area contributed by atoms with E-state index in [1.54, 1.807) is 19.2 Å². The van der Waals surface area contributed by atoms with Crippen molar-refractivity contribution >= 4 is 0 Å². The fourth-order valence-corrected chi connectivity index (χ4v) is 5.45. The predicted octanol–water partition coefficient (Wildman–Crippen LogP) is 3.83. The summed E-state index contributed by atoms with van der Waals surface area (Å²) in [6.45, 7) is 5.13. The first-order valence-electron chi connectivity index (χ1n) is 9.97. The standard InChI is InChI=1S/C21H29F3N2O/c1-27-11-10-26-8-6-18(7-9-26)25-15-19-12-20(13-19,14-19)16-2-4-17(5-3-16)21(22,23)24/h2-5,18,25H,6-15H2,1H3. The Morgan fingerprint density at radius 3 is 2.30 bits per heavy atom. The zero-order valence-electron chi connectivity index (χ0n) is 15.9. The number of alkyl halides is 3. The van der Waals surface area contributed by atoms with Gasteiger partial charge in [-0.25, -0.2) is 0 Å². The maximum Gasteiger partial charge on any atom is 0.416 e. The first-order valence-corrected chi connectivity index (χ1v) is 9.97. The third kappa shape index (κ3) is 3.76. The summed E-state index contributed by atoms with van der Waals surface area (Å²) >= 11 is 0. The molecule has 1 N–H and O–H groups in total. The molecule has 3 nitrogen and oxygen atoms in total. The van der Waals surface area contributed by atoms with Crippen molar-refractivity contribution in [1.29, 1.82) is 0 Å². The van der Waals surface area contributed by atoms with Gasteiger partial charge in [-0.2, -0.15) is 13.2 Å². The van der Waals surface area contributed by atoms with Crippen molar-refractivity contribution in [3.63, 3.8) is 0 Å². The minimum Gasteiger partial charge on any atom is -0.383 e. The van der Waals surface area contributed by atoms with Crippen molar-refractivity contribution in [2.45, 2.75) is 49.7 Å². The molecular formula is C21H29F3N2O. The van der Waals surface area contributed by atoms with Crippen molar-refractivity contribution in [2.75, 3.05) is 39.9 Å². The molecular weight excluding hydrogens is 353 g/mol. The molecule has 0 aromatic heterocycles. The van der Waals surface area contributed by atoms with Gasteiger partial charge < -0.3 is 15.0 Å². The lowest BCUT2D eigenvalue weighted by Crippen LogP contribution is -2.68. The van der Waals surface area contributed by atoms with Crippen LogP contribution in [0.2, 0.25) is 0 Å². The molecule has 1 saturated heterocycles. The summed E-state index contributed by atoms with van der Waals surface area (Å²) in [6, 6.07) is 6.44. The molecule has 3 saturated carbocycles. The average Bonchev–Trinajstić information content (AvgIpc) is 2.58. The molecule has 3 aliphatic carbocycles. The van der Waals surface area contributed by atoms with Crippen molar-refractivity contribution in [1.82, 2.24) is 10.2 Å². The Bertz CT molecular complexity index is 631. The molecule has 4 aliphatic rings. The predicted molar refractivity (Wildman–Crippen MR) is 98.7 cm³/mol. The first kappa shape index (κ1) is 19.2. The van der Waals surface area contributed by atoms with Gasteiger partial charge in [-0.1, -0.05) is 12.1 Å². The zero-order chi connectivity index (χ0) is 19.1. The van der Waals surface area contributed by atoms with Crippen LogP contribution < -0.4 is 5.32 Å². The van der Waals surface area contributed by atoms with Gasteiger partial charge in [-0.15, -0.1) is 0 Å². The fourth-order valence-electron chi connectivity index (χ4n) is 5.45. The molecule has 0 amide bonds. The molecule has 0 spiro atoms. The molecule has 2 bridgehead atoms. The van der Waals surface area contributed by atoms with Crippen molar-refractivity contribution in [3.8, 4) is 0 Å². The summed E-state index contributed by atoms with van der Waals surface area (Å²) in [5, 5.41) is 3.77. The van der Waals surface area contributed by atoms with Gasteiger partial charge in [0.05, 0.1) is 12.2 Å². The van der Waals surface area contributed by atoms with Crippen LogP contribution in [0, 0.1) is 5.41 Å². The van der Waals surface area contributed by atoms with E-state index >= 15 is 0 Å². The quantitative estimate of drug-likeness (QED) is 0.776. The molecule has 1 aromatic carbocycles. The van der Waals surface area contributed by atoms with Crippen LogP contribution in [0.3, 0.4) is 0 Å². The van der Waals surface area contributed by atoms with Crippen LogP contribution in [0.25, 0.3) is 0 Å². The number of rotatable bonds is 7. The number of piperidine rings is 1. The molecule has 150 valence electrons. The summed E-state index contributed by atoms with van der Waals surface area (Å²) in [5.41, 5.74) is 1.07. The Balaban J connectivity index is 1.21. The van der Waals surface area contributed by atoms with Gasteiger partial charge in [0, 0.05) is 26.2 Å². The third-order valence-corrected chi connectivity index (χ3v) is 6.93. The molecule has 0 unspecified atom stereocenters. The summed E-state index contributed by atoms with van der Waals surface area (Å²) in [5.74, 6) is 0. The maximum absolute atomic E-state index is 12.7. The molecule has 0 radical (unpaired) electrons. The number of benzene rings is 1. The lowest BCUT2D eigenvalue weighted by molar-refractivity contribution is -0.141. The molecule has 5 rings (SSSR count). The second-order valence-electron chi connectivity index (χ2n) is 8.88. The summed E-state index contributed by atoms with van der Waals surface area (Å²) < 4.78 is 43.3. The number of nitrogens with zero attached hydrogens (tertiary/aromatic N) is 1. The van der Waals surface area contributed by atoms with E-state index in [0.29, 0.717) is 11.5 Å². The highest BCUT2D eigenvalue weighted by atomic mass is 19.4. The normalized spacial score (nSPS) is 31.4. The summed E-state index contributed by atoms with van der Waals surface area (Å²) in [7, 11) is 1.75. The van der Waals surface area contributed by atoms with Gasteiger partial charge in [-0.05, 0) is 73.7 Å². The van der Waals surface area contributed by atoms with E-state index < -0.39 is 11.7 Å². The van der Waals surface area contributed by atoms with Crippen molar-refractivity contribution in [3.05, 3.63) is 35.4 Å². The van der Waals surface area contributed by atoms with Gasteiger partial charge in [0.25, 0.3) is 0 Å². The maximum atomic E-state index is 12.7. The van der Waals surface area contributed by atoms with Gasteiger partial charge >= 0.3 is 6.18 Å². The zero-order valence-corrected chi connectivity index (χ0v) is 15.9. The van der Waals surface area contributed by atoms with Gasteiger partial charge in [0.2, 0.25) is 0 Å². The van der Waals surface area contributed by atoms with E-state index in [1.165, 1.54) is 25.0 Å². The smallest absolute Gasteiger partial charge is 0.383 e. The van der Waals surface area contributed by atoms with Gasteiger partial charge in [0.1, 0.15) is 0 Å². The van der Waals surface area contributed by atoms with Crippen LogP contribution >= 0.6 is 0 Å². The van der Waals surface area contributed by atoms with Crippen LogP contribution in [0.1, 0.15) is 43.2 Å². The molecule has 0 atom stereocenters. The van der Waals surface area contributed by atoms with Crippen LogP contribution in [0.5, 0.6) is 0 Å². The third-order valence-electron chi connectivity index (χ3n) is 6.93. The highest BCUT2D eigenvalue weighted by Gasteiger charge is 2.67. The number of ether oxygens (including phenoxy) is 1. The van der Waals surface area contributed by atoms with Crippen LogP contribution in [0.15, 0.2) is 24.3 Å². The van der Waals surface area contributed by atoms with Crippen LogP contribution in [-0.2, 0) is 16.3 Å². The Morgan fingerprint density at radius 2 is 1.74 bits per heavy atom. The highest BCUT2D eigenvalue weighted by Crippen LogP contribution is 2.73. The Hall–Kier alpha value is -1.11. The van der Waals surface area contributed by atoms with E-state index in [9.17, 15) is 13.2 Å². The Kier molecular flexibility index (Phi) is 5.02.